The van der Waals surface area contributed by atoms with Crippen molar-refractivity contribution in [2.75, 3.05) is 26.2 Å². The SMILES string of the molecule is CCCCCCCC(CCC)C(C(N)=O)(C(C)C)N1CC[C@]2(CCNC2)C1. The van der Waals surface area contributed by atoms with E-state index in [1.807, 2.05) is 0 Å². The predicted octanol–water partition coefficient (Wildman–Crippen LogP) is 4.33. The lowest BCUT2D eigenvalue weighted by atomic mass is 9.69. The van der Waals surface area contributed by atoms with Crippen LogP contribution in [0, 0.1) is 17.3 Å². The monoisotopic (exact) mass is 379 g/mol. The Morgan fingerprint density at radius 3 is 2.41 bits per heavy atom. The molecule has 2 saturated heterocycles. The van der Waals surface area contributed by atoms with E-state index in [0.717, 1.165) is 45.4 Å². The van der Waals surface area contributed by atoms with Gasteiger partial charge in [-0.15, -0.1) is 0 Å². The smallest absolute Gasteiger partial charge is 0.238 e. The van der Waals surface area contributed by atoms with E-state index in [-0.39, 0.29) is 11.8 Å². The van der Waals surface area contributed by atoms with Crippen LogP contribution in [0.3, 0.4) is 0 Å². The number of likely N-dealkylation sites (tertiary alicyclic amines) is 1. The Morgan fingerprint density at radius 2 is 1.85 bits per heavy atom. The van der Waals surface area contributed by atoms with Crippen molar-refractivity contribution in [2.45, 2.75) is 97.4 Å². The molecule has 2 heterocycles. The molecule has 2 aliphatic rings. The minimum absolute atomic E-state index is 0.0764. The lowest BCUT2D eigenvalue weighted by Gasteiger charge is -2.49. The van der Waals surface area contributed by atoms with Crippen molar-refractivity contribution in [1.29, 1.82) is 0 Å². The minimum Gasteiger partial charge on any atom is -0.368 e. The lowest BCUT2D eigenvalue weighted by molar-refractivity contribution is -0.139. The van der Waals surface area contributed by atoms with Gasteiger partial charge in [-0.05, 0) is 56.0 Å². The molecule has 0 radical (unpaired) electrons. The summed E-state index contributed by atoms with van der Waals surface area (Å²) in [6, 6.07) is 0. The molecule has 158 valence electrons. The summed E-state index contributed by atoms with van der Waals surface area (Å²) in [5.41, 5.74) is 6.12. The highest BCUT2D eigenvalue weighted by atomic mass is 16.1. The fourth-order valence-corrected chi connectivity index (χ4v) is 6.06. The van der Waals surface area contributed by atoms with E-state index in [1.54, 1.807) is 0 Å². The second-order valence-electron chi connectivity index (χ2n) is 9.63. The molecule has 0 aromatic carbocycles. The van der Waals surface area contributed by atoms with E-state index in [9.17, 15) is 4.79 Å². The lowest BCUT2D eigenvalue weighted by Crippen LogP contribution is -2.65. The largest absolute Gasteiger partial charge is 0.368 e. The Hall–Kier alpha value is -0.610. The summed E-state index contributed by atoms with van der Waals surface area (Å²) in [5.74, 6) is 0.561. The Bertz CT molecular complexity index is 459. The molecule has 0 saturated carbocycles. The first kappa shape index (κ1) is 22.7. The van der Waals surface area contributed by atoms with Gasteiger partial charge in [0.2, 0.25) is 5.91 Å². The highest BCUT2D eigenvalue weighted by Gasteiger charge is 2.55. The molecule has 2 unspecified atom stereocenters. The van der Waals surface area contributed by atoms with Crippen molar-refractivity contribution >= 4 is 5.91 Å². The fourth-order valence-electron chi connectivity index (χ4n) is 6.06. The van der Waals surface area contributed by atoms with E-state index in [0.29, 0.717) is 11.3 Å². The number of hydrogen-bond acceptors (Lipinski definition) is 3. The van der Waals surface area contributed by atoms with Gasteiger partial charge < -0.3 is 11.1 Å². The number of carbonyl (C=O) groups excluding carboxylic acids is 1. The van der Waals surface area contributed by atoms with Gasteiger partial charge in [-0.25, -0.2) is 0 Å². The third-order valence-corrected chi connectivity index (χ3v) is 7.48. The van der Waals surface area contributed by atoms with Gasteiger partial charge in [-0.2, -0.15) is 0 Å². The minimum atomic E-state index is -0.479. The first-order chi connectivity index (χ1) is 12.9. The van der Waals surface area contributed by atoms with Crippen LogP contribution in [-0.2, 0) is 4.79 Å². The molecular weight excluding hydrogens is 334 g/mol. The number of rotatable bonds is 12. The fraction of sp³-hybridized carbons (Fsp3) is 0.957. The van der Waals surface area contributed by atoms with Crippen LogP contribution in [0.1, 0.15) is 91.9 Å². The number of carbonyl (C=O) groups is 1. The first-order valence-electron chi connectivity index (χ1n) is 11.7. The molecule has 2 rings (SSSR count). The number of nitrogens with zero attached hydrogens (tertiary/aromatic N) is 1. The van der Waals surface area contributed by atoms with Crippen LogP contribution in [0.5, 0.6) is 0 Å². The summed E-state index contributed by atoms with van der Waals surface area (Å²) in [5, 5.41) is 3.55. The molecule has 1 spiro atoms. The van der Waals surface area contributed by atoms with Crippen LogP contribution in [0.25, 0.3) is 0 Å². The summed E-state index contributed by atoms with van der Waals surface area (Å²) in [7, 11) is 0. The maximum absolute atomic E-state index is 13.1. The molecule has 4 heteroatoms. The Balaban J connectivity index is 2.20. The zero-order valence-corrected chi connectivity index (χ0v) is 18.5. The maximum atomic E-state index is 13.1. The first-order valence-corrected chi connectivity index (χ1v) is 11.7. The molecule has 0 bridgehead atoms. The third kappa shape index (κ3) is 4.87. The van der Waals surface area contributed by atoms with Crippen molar-refractivity contribution < 1.29 is 4.79 Å². The quantitative estimate of drug-likeness (QED) is 0.496. The van der Waals surface area contributed by atoms with Gasteiger partial charge in [-0.1, -0.05) is 66.2 Å². The predicted molar refractivity (Wildman–Crippen MR) is 115 cm³/mol. The number of unbranched alkanes of at least 4 members (excludes halogenated alkanes) is 4. The van der Waals surface area contributed by atoms with Crippen LogP contribution < -0.4 is 11.1 Å². The van der Waals surface area contributed by atoms with Crippen LogP contribution >= 0.6 is 0 Å². The number of hydrogen-bond donors (Lipinski definition) is 2. The third-order valence-electron chi connectivity index (χ3n) is 7.48. The van der Waals surface area contributed by atoms with Crippen molar-refractivity contribution in [3.05, 3.63) is 0 Å². The molecule has 1 amide bonds. The van der Waals surface area contributed by atoms with Gasteiger partial charge in [0.1, 0.15) is 5.54 Å². The van der Waals surface area contributed by atoms with Crippen LogP contribution in [0.2, 0.25) is 0 Å². The average molecular weight is 380 g/mol. The normalized spacial score (nSPS) is 26.7. The van der Waals surface area contributed by atoms with Crippen molar-refractivity contribution in [3.63, 3.8) is 0 Å². The molecule has 2 aliphatic heterocycles. The molecule has 0 aromatic heterocycles. The topological polar surface area (TPSA) is 58.4 Å². The zero-order valence-electron chi connectivity index (χ0n) is 18.5. The van der Waals surface area contributed by atoms with Gasteiger partial charge in [-0.3, -0.25) is 9.69 Å². The highest BCUT2D eigenvalue weighted by molar-refractivity contribution is 5.85. The van der Waals surface area contributed by atoms with E-state index in [4.69, 9.17) is 5.73 Å². The standard InChI is InChI=1S/C23H45N3O/c1-5-7-8-9-10-12-20(11-6-2)23(19(3)4,21(24)27)26-16-14-22(18-26)13-15-25-17-22/h19-20,25H,5-18H2,1-4H3,(H2,24,27)/t20?,22-,23?/m0/s1. The van der Waals surface area contributed by atoms with Crippen molar-refractivity contribution in [1.82, 2.24) is 10.2 Å². The molecule has 2 fully saturated rings. The molecule has 0 aromatic rings. The van der Waals surface area contributed by atoms with Crippen LogP contribution in [0.15, 0.2) is 0 Å². The summed E-state index contributed by atoms with van der Waals surface area (Å²) in [6.07, 6.45) is 12.3. The molecule has 3 atom stereocenters. The average Bonchev–Trinajstić information content (AvgIpc) is 3.25. The van der Waals surface area contributed by atoms with E-state index >= 15 is 0 Å². The van der Waals surface area contributed by atoms with Crippen LogP contribution in [0.4, 0.5) is 0 Å². The number of nitrogens with two attached hydrogens (primary N) is 1. The zero-order chi connectivity index (χ0) is 19.9. The second-order valence-corrected chi connectivity index (χ2v) is 9.63. The number of primary amides is 1. The van der Waals surface area contributed by atoms with Gasteiger partial charge in [0.05, 0.1) is 0 Å². The van der Waals surface area contributed by atoms with Crippen LogP contribution in [-0.4, -0.2) is 42.5 Å². The van der Waals surface area contributed by atoms with Gasteiger partial charge in [0.25, 0.3) is 0 Å². The summed E-state index contributed by atoms with van der Waals surface area (Å²) < 4.78 is 0. The maximum Gasteiger partial charge on any atom is 0.238 e. The Kier molecular flexibility index (Phi) is 8.61. The van der Waals surface area contributed by atoms with Gasteiger partial charge >= 0.3 is 0 Å². The Labute approximate surface area is 168 Å². The molecular formula is C23H45N3O. The van der Waals surface area contributed by atoms with Gasteiger partial charge in [0.15, 0.2) is 0 Å². The molecule has 27 heavy (non-hydrogen) atoms. The van der Waals surface area contributed by atoms with E-state index < -0.39 is 5.54 Å². The highest BCUT2D eigenvalue weighted by Crippen LogP contribution is 2.46. The molecule has 4 nitrogen and oxygen atoms in total. The summed E-state index contributed by atoms with van der Waals surface area (Å²) >= 11 is 0. The van der Waals surface area contributed by atoms with Crippen molar-refractivity contribution in [2.24, 2.45) is 23.0 Å². The van der Waals surface area contributed by atoms with E-state index in [2.05, 4.69) is 37.9 Å². The second kappa shape index (κ2) is 10.2. The molecule has 0 aliphatic carbocycles. The summed E-state index contributed by atoms with van der Waals surface area (Å²) in [6.45, 7) is 13.3. The Morgan fingerprint density at radius 1 is 1.11 bits per heavy atom. The van der Waals surface area contributed by atoms with E-state index in [1.165, 1.54) is 44.9 Å². The number of amides is 1. The van der Waals surface area contributed by atoms with Crippen molar-refractivity contribution in [3.8, 4) is 0 Å². The summed E-state index contributed by atoms with van der Waals surface area (Å²) in [4.78, 5) is 15.6. The molecule has 3 N–H and O–H groups in total. The van der Waals surface area contributed by atoms with Gasteiger partial charge in [0, 0.05) is 13.1 Å². The number of nitrogens with one attached hydrogen (secondary N) is 1.